The zero-order valence-corrected chi connectivity index (χ0v) is 17.1. The fraction of sp³-hybridized carbons (Fsp3) is 0.250. The summed E-state index contributed by atoms with van der Waals surface area (Å²) < 4.78 is 0. The molecule has 0 bridgehead atoms. The Morgan fingerprint density at radius 2 is 1.97 bits per heavy atom. The van der Waals surface area contributed by atoms with Crippen molar-refractivity contribution in [3.63, 3.8) is 0 Å². The topological polar surface area (TPSA) is 104 Å². The van der Waals surface area contributed by atoms with E-state index in [0.29, 0.717) is 35.3 Å². The number of thiazole rings is 1. The molecule has 0 radical (unpaired) electrons. The third-order valence-electron chi connectivity index (χ3n) is 4.93. The maximum Gasteiger partial charge on any atom is 0.293 e. The molecule has 3 aromatic rings. The highest BCUT2D eigenvalue weighted by Crippen LogP contribution is 2.31. The van der Waals surface area contributed by atoms with Gasteiger partial charge in [0.2, 0.25) is 0 Å². The summed E-state index contributed by atoms with van der Waals surface area (Å²) in [5, 5.41) is 16.6. The summed E-state index contributed by atoms with van der Waals surface area (Å²) in [6.07, 6.45) is 1.67. The Morgan fingerprint density at radius 3 is 2.67 bits per heavy atom. The number of pyridine rings is 1. The van der Waals surface area contributed by atoms with Gasteiger partial charge in [0.05, 0.1) is 10.6 Å². The van der Waals surface area contributed by atoms with E-state index >= 15 is 0 Å². The Bertz CT molecular complexity index is 1060. The Hall–Kier alpha value is -3.37. The van der Waals surface area contributed by atoms with Crippen molar-refractivity contribution >= 4 is 33.8 Å². The van der Waals surface area contributed by atoms with Crippen LogP contribution in [0.1, 0.15) is 10.4 Å². The van der Waals surface area contributed by atoms with E-state index in [9.17, 15) is 14.9 Å². The van der Waals surface area contributed by atoms with Crippen LogP contribution in [0.5, 0.6) is 0 Å². The molecule has 9 nitrogen and oxygen atoms in total. The lowest BCUT2D eigenvalue weighted by Crippen LogP contribution is -2.44. The van der Waals surface area contributed by atoms with Crippen molar-refractivity contribution in [2.75, 3.05) is 43.4 Å². The molecule has 0 saturated carbocycles. The van der Waals surface area contributed by atoms with Gasteiger partial charge in [0.1, 0.15) is 11.4 Å². The van der Waals surface area contributed by atoms with Gasteiger partial charge in [0.25, 0.3) is 11.6 Å². The lowest BCUT2D eigenvalue weighted by Gasteiger charge is -2.33. The number of hydrogen-bond donors (Lipinski definition) is 1. The molecule has 1 N–H and O–H groups in total. The smallest absolute Gasteiger partial charge is 0.293 e. The summed E-state index contributed by atoms with van der Waals surface area (Å²) >= 11 is 1.27. The Labute approximate surface area is 177 Å². The van der Waals surface area contributed by atoms with Gasteiger partial charge < -0.3 is 9.80 Å². The molecule has 0 unspecified atom stereocenters. The van der Waals surface area contributed by atoms with Gasteiger partial charge in [-0.05, 0) is 31.3 Å². The van der Waals surface area contributed by atoms with Crippen molar-refractivity contribution in [2.24, 2.45) is 0 Å². The number of nitro benzene ring substituents is 1. The molecular weight excluding hydrogens is 404 g/mol. The predicted octanol–water partition coefficient (Wildman–Crippen LogP) is 3.12. The number of likely N-dealkylation sites (N-methyl/N-ethyl adjacent to an activating group) is 1. The standard InChI is InChI=1S/C20H20N6O3S/c1-24-8-10-25(11-9-24)17-6-5-14(12-18(17)26(28)29)19(27)23-20-22-16(13-30-20)15-4-2-3-7-21-15/h2-7,12-13H,8-11H2,1H3,(H,22,23,27). The lowest BCUT2D eigenvalue weighted by molar-refractivity contribution is -0.384. The molecule has 3 heterocycles. The number of aromatic nitrogens is 2. The van der Waals surface area contributed by atoms with Gasteiger partial charge in [-0.25, -0.2) is 4.98 Å². The second-order valence-electron chi connectivity index (χ2n) is 6.96. The summed E-state index contributed by atoms with van der Waals surface area (Å²) in [6, 6.07) is 10.1. The van der Waals surface area contributed by atoms with Crippen LogP contribution in [0, 0.1) is 10.1 Å². The molecule has 1 amide bonds. The van der Waals surface area contributed by atoms with Crippen LogP contribution in [0.4, 0.5) is 16.5 Å². The molecule has 10 heteroatoms. The molecule has 30 heavy (non-hydrogen) atoms. The first-order chi connectivity index (χ1) is 14.5. The van der Waals surface area contributed by atoms with E-state index in [2.05, 4.69) is 20.2 Å². The largest absolute Gasteiger partial charge is 0.363 e. The van der Waals surface area contributed by atoms with E-state index in [1.165, 1.54) is 17.4 Å². The van der Waals surface area contributed by atoms with E-state index in [-0.39, 0.29) is 11.3 Å². The van der Waals surface area contributed by atoms with Crippen LogP contribution in [0.2, 0.25) is 0 Å². The highest BCUT2D eigenvalue weighted by molar-refractivity contribution is 7.14. The number of nitro groups is 1. The molecule has 4 rings (SSSR count). The van der Waals surface area contributed by atoms with E-state index in [1.807, 2.05) is 30.1 Å². The Morgan fingerprint density at radius 1 is 1.17 bits per heavy atom. The lowest BCUT2D eigenvalue weighted by atomic mass is 10.1. The first-order valence-corrected chi connectivity index (χ1v) is 10.3. The third kappa shape index (κ3) is 4.29. The van der Waals surface area contributed by atoms with Crippen LogP contribution in [0.15, 0.2) is 48.0 Å². The van der Waals surface area contributed by atoms with E-state index < -0.39 is 10.8 Å². The monoisotopic (exact) mass is 424 g/mol. The molecule has 154 valence electrons. The van der Waals surface area contributed by atoms with Gasteiger partial charge in [-0.2, -0.15) is 0 Å². The molecule has 1 aliphatic rings. The maximum atomic E-state index is 12.7. The number of benzene rings is 1. The fourth-order valence-electron chi connectivity index (χ4n) is 3.26. The summed E-state index contributed by atoms with van der Waals surface area (Å²) in [7, 11) is 2.02. The van der Waals surface area contributed by atoms with Crippen molar-refractivity contribution < 1.29 is 9.72 Å². The van der Waals surface area contributed by atoms with Crippen molar-refractivity contribution in [2.45, 2.75) is 0 Å². The number of nitrogens with one attached hydrogen (secondary N) is 1. The van der Waals surface area contributed by atoms with Crippen LogP contribution in [-0.2, 0) is 0 Å². The van der Waals surface area contributed by atoms with Gasteiger partial charge in [-0.1, -0.05) is 6.07 Å². The van der Waals surface area contributed by atoms with Crippen molar-refractivity contribution in [3.05, 3.63) is 63.7 Å². The minimum Gasteiger partial charge on any atom is -0.363 e. The van der Waals surface area contributed by atoms with Gasteiger partial charge in [-0.15, -0.1) is 11.3 Å². The van der Waals surface area contributed by atoms with Crippen molar-refractivity contribution in [3.8, 4) is 11.4 Å². The zero-order chi connectivity index (χ0) is 21.1. The molecule has 0 atom stereocenters. The van der Waals surface area contributed by atoms with Crippen LogP contribution >= 0.6 is 11.3 Å². The highest BCUT2D eigenvalue weighted by atomic mass is 32.1. The van der Waals surface area contributed by atoms with Gasteiger partial charge in [0, 0.05) is 49.4 Å². The maximum absolute atomic E-state index is 12.7. The number of rotatable bonds is 5. The highest BCUT2D eigenvalue weighted by Gasteiger charge is 2.24. The zero-order valence-electron chi connectivity index (χ0n) is 16.3. The van der Waals surface area contributed by atoms with Gasteiger partial charge in [-0.3, -0.25) is 25.2 Å². The van der Waals surface area contributed by atoms with E-state index in [4.69, 9.17) is 0 Å². The summed E-state index contributed by atoms with van der Waals surface area (Å²) in [4.78, 5) is 36.6. The van der Waals surface area contributed by atoms with Crippen LogP contribution in [0.25, 0.3) is 11.4 Å². The molecule has 1 aromatic carbocycles. The molecule has 1 aliphatic heterocycles. The summed E-state index contributed by atoms with van der Waals surface area (Å²) in [5.74, 6) is -0.440. The minimum atomic E-state index is -0.440. The normalized spacial score (nSPS) is 14.5. The number of amides is 1. The second-order valence-corrected chi connectivity index (χ2v) is 7.82. The predicted molar refractivity (Wildman–Crippen MR) is 116 cm³/mol. The molecule has 0 spiro atoms. The second kappa shape index (κ2) is 8.56. The molecule has 2 aromatic heterocycles. The van der Waals surface area contributed by atoms with Gasteiger partial charge >= 0.3 is 0 Å². The molecule has 1 fully saturated rings. The number of carbonyl (C=O) groups is 1. The van der Waals surface area contributed by atoms with Gasteiger partial charge in [0.15, 0.2) is 5.13 Å². The number of anilines is 2. The quantitative estimate of drug-likeness (QED) is 0.496. The van der Waals surface area contributed by atoms with Crippen LogP contribution in [-0.4, -0.2) is 58.9 Å². The number of carbonyl (C=O) groups excluding carboxylic acids is 1. The van der Waals surface area contributed by atoms with Crippen molar-refractivity contribution in [1.29, 1.82) is 0 Å². The first kappa shape index (κ1) is 19.9. The molecule has 1 saturated heterocycles. The summed E-state index contributed by atoms with van der Waals surface area (Å²) in [5.41, 5.74) is 2.06. The summed E-state index contributed by atoms with van der Waals surface area (Å²) in [6.45, 7) is 3.08. The first-order valence-electron chi connectivity index (χ1n) is 9.41. The van der Waals surface area contributed by atoms with E-state index in [1.54, 1.807) is 23.7 Å². The van der Waals surface area contributed by atoms with Crippen LogP contribution < -0.4 is 10.2 Å². The minimum absolute atomic E-state index is 0.0690. The number of hydrogen-bond acceptors (Lipinski definition) is 8. The Kier molecular flexibility index (Phi) is 5.68. The fourth-order valence-corrected chi connectivity index (χ4v) is 3.96. The van der Waals surface area contributed by atoms with Crippen molar-refractivity contribution in [1.82, 2.24) is 14.9 Å². The average molecular weight is 424 g/mol. The SMILES string of the molecule is CN1CCN(c2ccc(C(=O)Nc3nc(-c4ccccn4)cs3)cc2[N+](=O)[O-])CC1. The number of piperazine rings is 1. The van der Waals surface area contributed by atoms with Crippen LogP contribution in [0.3, 0.4) is 0 Å². The Balaban J connectivity index is 1.52. The third-order valence-corrected chi connectivity index (χ3v) is 5.69. The molecular formula is C20H20N6O3S. The molecule has 0 aliphatic carbocycles. The number of nitrogens with zero attached hydrogens (tertiary/aromatic N) is 5. The average Bonchev–Trinajstić information content (AvgIpc) is 3.23. The van der Waals surface area contributed by atoms with E-state index in [0.717, 1.165) is 13.1 Å².